The Morgan fingerprint density at radius 2 is 1.67 bits per heavy atom. The van der Waals surface area contributed by atoms with Gasteiger partial charge in [0.15, 0.2) is 0 Å². The third-order valence-electron chi connectivity index (χ3n) is 7.35. The number of benzene rings is 3. The number of thiazole rings is 1. The minimum Gasteiger partial charge on any atom is -0.325 e. The zero-order chi connectivity index (χ0) is 30.6. The number of aromatic nitrogens is 1. The topological polar surface area (TPSA) is 88.5 Å². The van der Waals surface area contributed by atoms with E-state index in [-0.39, 0.29) is 11.6 Å². The highest BCUT2D eigenvalue weighted by molar-refractivity contribution is 9.10. The number of rotatable bonds is 5. The van der Waals surface area contributed by atoms with Gasteiger partial charge in [-0.25, -0.2) is 4.90 Å². The number of carbonyl (C=O) groups is 3. The van der Waals surface area contributed by atoms with E-state index < -0.39 is 52.1 Å². The Labute approximate surface area is 259 Å². The van der Waals surface area contributed by atoms with Gasteiger partial charge in [0.1, 0.15) is 11.8 Å². The predicted molar refractivity (Wildman–Crippen MR) is 161 cm³/mol. The van der Waals surface area contributed by atoms with Crippen LogP contribution in [0.25, 0.3) is 0 Å². The first-order chi connectivity index (χ1) is 20.4. The molecule has 220 valence electrons. The largest absolute Gasteiger partial charge is 0.416 e. The number of carbonyl (C=O) groups excluding carboxylic acids is 3. The molecule has 1 N–H and O–H groups in total. The minimum absolute atomic E-state index is 0.0669. The number of hydrogen-bond donors (Lipinski definition) is 1. The molecular formula is C30H21BrF3N3O4S2. The van der Waals surface area contributed by atoms with Crippen molar-refractivity contribution >= 4 is 68.1 Å². The van der Waals surface area contributed by atoms with Crippen LogP contribution in [0.2, 0.25) is 0 Å². The van der Waals surface area contributed by atoms with E-state index in [9.17, 15) is 32.3 Å². The number of alkyl halides is 3. The number of thioether (sulfide) groups is 1. The minimum atomic E-state index is -4.59. The number of fused-ring (bicyclic) bond motifs is 2. The molecule has 3 unspecified atom stereocenters. The van der Waals surface area contributed by atoms with Crippen molar-refractivity contribution in [2.75, 3.05) is 10.2 Å². The number of anilines is 2. The van der Waals surface area contributed by atoms with Crippen LogP contribution in [0.5, 0.6) is 0 Å². The van der Waals surface area contributed by atoms with Gasteiger partial charge < -0.3 is 5.32 Å². The van der Waals surface area contributed by atoms with Gasteiger partial charge in [0.05, 0.1) is 22.2 Å². The summed E-state index contributed by atoms with van der Waals surface area (Å²) in [6, 6.07) is 18.5. The molecule has 0 spiro atoms. The van der Waals surface area contributed by atoms with Crippen LogP contribution in [0.4, 0.5) is 24.5 Å². The maximum atomic E-state index is 13.9. The number of imide groups is 1. The first-order valence-electron chi connectivity index (χ1n) is 13.0. The van der Waals surface area contributed by atoms with E-state index in [1.807, 2.05) is 43.3 Å². The van der Waals surface area contributed by atoms with Gasteiger partial charge in [-0.1, -0.05) is 74.9 Å². The van der Waals surface area contributed by atoms with Crippen LogP contribution in [0.15, 0.2) is 87.1 Å². The summed E-state index contributed by atoms with van der Waals surface area (Å²) in [4.78, 5) is 55.2. The average Bonchev–Trinajstić information content (AvgIpc) is 3.40. The van der Waals surface area contributed by atoms with Crippen molar-refractivity contribution in [2.45, 2.75) is 35.8 Å². The molecule has 4 aromatic rings. The van der Waals surface area contributed by atoms with Gasteiger partial charge in [-0.15, -0.1) is 0 Å². The fourth-order valence-electron chi connectivity index (χ4n) is 5.35. The lowest BCUT2D eigenvalue weighted by molar-refractivity contribution is -0.137. The molecule has 1 aromatic heterocycles. The molecule has 3 aromatic carbocycles. The smallest absolute Gasteiger partial charge is 0.325 e. The van der Waals surface area contributed by atoms with Crippen LogP contribution >= 0.6 is 39.0 Å². The molecule has 43 heavy (non-hydrogen) atoms. The number of halogens is 4. The number of nitrogens with one attached hydrogen (secondary N) is 1. The van der Waals surface area contributed by atoms with Crippen LogP contribution in [0, 0.1) is 12.8 Å². The van der Waals surface area contributed by atoms with Crippen LogP contribution in [-0.2, 0) is 27.1 Å². The van der Waals surface area contributed by atoms with Crippen molar-refractivity contribution < 1.29 is 27.6 Å². The summed E-state index contributed by atoms with van der Waals surface area (Å²) in [7, 11) is 0. The second-order valence-electron chi connectivity index (χ2n) is 10.2. The fraction of sp³-hybridized carbons (Fsp3) is 0.200. The van der Waals surface area contributed by atoms with Crippen molar-refractivity contribution in [3.05, 3.63) is 109 Å². The third-order valence-corrected chi connectivity index (χ3v) is 10.5. The molecule has 1 fully saturated rings. The maximum Gasteiger partial charge on any atom is 0.416 e. The van der Waals surface area contributed by atoms with Crippen molar-refractivity contribution in [1.82, 2.24) is 4.57 Å². The number of aryl methyl sites for hydroxylation is 1. The van der Waals surface area contributed by atoms with E-state index in [0.717, 1.165) is 50.8 Å². The molecule has 3 amide bonds. The van der Waals surface area contributed by atoms with Crippen LogP contribution < -0.4 is 15.1 Å². The molecular weight excluding hydrogens is 667 g/mol. The number of hydrogen-bond acceptors (Lipinski definition) is 6. The molecule has 7 nitrogen and oxygen atoms in total. The predicted octanol–water partition coefficient (Wildman–Crippen LogP) is 6.43. The highest BCUT2D eigenvalue weighted by atomic mass is 79.9. The summed E-state index contributed by atoms with van der Waals surface area (Å²) in [5.74, 6) is -2.93. The Morgan fingerprint density at radius 3 is 2.35 bits per heavy atom. The van der Waals surface area contributed by atoms with E-state index in [1.54, 1.807) is 12.1 Å². The molecule has 13 heteroatoms. The van der Waals surface area contributed by atoms with Gasteiger partial charge >= 0.3 is 11.0 Å². The summed E-state index contributed by atoms with van der Waals surface area (Å²) < 4.78 is 41.5. The molecule has 6 rings (SSSR count). The summed E-state index contributed by atoms with van der Waals surface area (Å²) in [5.41, 5.74) is 1.16. The average molecular weight is 689 g/mol. The Hall–Kier alpha value is -3.68. The molecule has 2 aliphatic heterocycles. The molecule has 3 heterocycles. The van der Waals surface area contributed by atoms with Gasteiger partial charge in [0.25, 0.3) is 0 Å². The summed E-state index contributed by atoms with van der Waals surface area (Å²) in [5, 5.41) is 1.96. The summed E-state index contributed by atoms with van der Waals surface area (Å²) in [6.45, 7) is 1.42. The quantitative estimate of drug-likeness (QED) is 0.244. The van der Waals surface area contributed by atoms with Gasteiger partial charge in [0.2, 0.25) is 17.7 Å². The van der Waals surface area contributed by atoms with E-state index >= 15 is 0 Å². The first kappa shape index (κ1) is 29.4. The Morgan fingerprint density at radius 1 is 0.977 bits per heavy atom. The second-order valence-corrected chi connectivity index (χ2v) is 13.2. The van der Waals surface area contributed by atoms with E-state index in [2.05, 4.69) is 21.2 Å². The first-order valence-corrected chi connectivity index (χ1v) is 15.5. The second kappa shape index (κ2) is 11.1. The molecule has 0 radical (unpaired) electrons. The normalized spacial score (nSPS) is 19.7. The highest BCUT2D eigenvalue weighted by Gasteiger charge is 2.56. The molecule has 0 saturated carbocycles. The maximum absolute atomic E-state index is 13.9. The van der Waals surface area contributed by atoms with Crippen molar-refractivity contribution in [3.8, 4) is 0 Å². The van der Waals surface area contributed by atoms with E-state index in [0.29, 0.717) is 15.6 Å². The van der Waals surface area contributed by atoms with Crippen LogP contribution in [0.3, 0.4) is 0 Å². The summed E-state index contributed by atoms with van der Waals surface area (Å²) >= 11 is 5.38. The molecule has 1 saturated heterocycles. The Balaban J connectivity index is 1.37. The number of amides is 3. The van der Waals surface area contributed by atoms with Crippen LogP contribution in [-0.4, -0.2) is 27.5 Å². The lowest BCUT2D eigenvalue weighted by atomic mass is 9.83. The third kappa shape index (κ3) is 5.45. The Kier molecular flexibility index (Phi) is 7.59. The zero-order valence-corrected chi connectivity index (χ0v) is 25.4. The van der Waals surface area contributed by atoms with Crippen molar-refractivity contribution in [2.24, 2.45) is 5.92 Å². The monoisotopic (exact) mass is 687 g/mol. The highest BCUT2D eigenvalue weighted by Crippen LogP contribution is 2.54. The van der Waals surface area contributed by atoms with Gasteiger partial charge in [0, 0.05) is 21.0 Å². The standard InChI is InChI=1S/C30H21BrF3N3O4S2/c1-15-5-11-20(12-6-15)37-26(39)23-22(16-7-9-18(31)10-8-16)25-28(42-24(23)27(37)40)36(29(41)43-25)14-21(38)35-19-4-2-3-17(13-19)30(32,33)34/h2-13,22-24H,14H2,1H3,(H,35,38). The van der Waals surface area contributed by atoms with Gasteiger partial charge in [-0.3, -0.25) is 23.7 Å². The van der Waals surface area contributed by atoms with Crippen molar-refractivity contribution in [1.29, 1.82) is 0 Å². The fourth-order valence-corrected chi connectivity index (χ4v) is 8.39. The lowest BCUT2D eigenvalue weighted by Crippen LogP contribution is -2.33. The SMILES string of the molecule is Cc1ccc(N2C(=O)C3Sc4c(sc(=O)n4CC(=O)Nc4cccc(C(F)(F)F)c4)C(c4ccc(Br)cc4)C3C2=O)cc1. The zero-order valence-electron chi connectivity index (χ0n) is 22.2. The molecule has 2 aliphatic rings. The Bertz CT molecular complexity index is 1820. The molecule has 0 aliphatic carbocycles. The van der Waals surface area contributed by atoms with Gasteiger partial charge in [-0.2, -0.15) is 13.2 Å². The van der Waals surface area contributed by atoms with E-state index in [1.165, 1.54) is 21.6 Å². The lowest BCUT2D eigenvalue weighted by Gasteiger charge is -2.30. The van der Waals surface area contributed by atoms with E-state index in [4.69, 9.17) is 0 Å². The number of nitrogens with zero attached hydrogens (tertiary/aromatic N) is 2. The van der Waals surface area contributed by atoms with Crippen molar-refractivity contribution in [3.63, 3.8) is 0 Å². The van der Waals surface area contributed by atoms with Gasteiger partial charge in [-0.05, 0) is 55.0 Å². The molecule has 0 bridgehead atoms. The molecule has 3 atom stereocenters. The summed E-state index contributed by atoms with van der Waals surface area (Å²) in [6.07, 6.45) is -4.59. The van der Waals surface area contributed by atoms with Crippen LogP contribution in [0.1, 0.15) is 27.5 Å².